The number of nitrogens with two attached hydrogens (primary N) is 1. The van der Waals surface area contributed by atoms with Crippen LogP contribution in [0.3, 0.4) is 0 Å². The summed E-state index contributed by atoms with van der Waals surface area (Å²) in [4.78, 5) is 2.43. The van der Waals surface area contributed by atoms with Gasteiger partial charge in [-0.05, 0) is 30.7 Å². The van der Waals surface area contributed by atoms with E-state index >= 15 is 0 Å². The van der Waals surface area contributed by atoms with E-state index in [4.69, 9.17) is 10.5 Å². The molecule has 4 nitrogen and oxygen atoms in total. The fraction of sp³-hybridized carbons (Fsp3) is 0.538. The maximum absolute atomic E-state index is 5.66. The lowest BCUT2D eigenvalue weighted by Crippen LogP contribution is -2.28. The van der Waals surface area contributed by atoms with Crippen molar-refractivity contribution < 1.29 is 4.74 Å². The molecule has 94 valence electrons. The fourth-order valence-electron chi connectivity index (χ4n) is 2.19. The Kier molecular flexibility index (Phi) is 4.23. The predicted molar refractivity (Wildman–Crippen MR) is 71.2 cm³/mol. The zero-order valence-electron chi connectivity index (χ0n) is 10.4. The number of anilines is 2. The number of rotatable bonds is 5. The highest BCUT2D eigenvalue weighted by Gasteiger charge is 2.21. The van der Waals surface area contributed by atoms with Crippen LogP contribution >= 0.6 is 0 Å². The summed E-state index contributed by atoms with van der Waals surface area (Å²) in [5.74, 6) is 0. The van der Waals surface area contributed by atoms with Crippen LogP contribution in [-0.2, 0) is 4.74 Å². The van der Waals surface area contributed by atoms with Crippen LogP contribution in [0.5, 0.6) is 0 Å². The summed E-state index contributed by atoms with van der Waals surface area (Å²) in [6.45, 7) is 4.08. The smallest absolute Gasteiger partial charge is 0.0589 e. The maximum Gasteiger partial charge on any atom is 0.0589 e. The summed E-state index contributed by atoms with van der Waals surface area (Å²) in [7, 11) is 1.75. The van der Waals surface area contributed by atoms with Gasteiger partial charge in [-0.15, -0.1) is 0 Å². The molecule has 1 unspecified atom stereocenters. The molecule has 1 aromatic carbocycles. The molecule has 0 aliphatic carbocycles. The molecule has 1 atom stereocenters. The first kappa shape index (κ1) is 12.2. The van der Waals surface area contributed by atoms with E-state index in [0.717, 1.165) is 37.6 Å². The Hall–Kier alpha value is -1.26. The van der Waals surface area contributed by atoms with Crippen LogP contribution in [0.1, 0.15) is 6.42 Å². The van der Waals surface area contributed by atoms with E-state index in [9.17, 15) is 0 Å². The molecule has 17 heavy (non-hydrogen) atoms. The number of hydrogen-bond acceptors (Lipinski definition) is 4. The highest BCUT2D eigenvalue weighted by molar-refractivity contribution is 5.51. The quantitative estimate of drug-likeness (QED) is 0.758. The molecule has 2 rings (SSSR count). The predicted octanol–water partition coefficient (Wildman–Crippen LogP) is 1.40. The molecule has 0 aromatic heterocycles. The molecule has 3 N–H and O–H groups in total. The molecule has 0 radical (unpaired) electrons. The van der Waals surface area contributed by atoms with Crippen LogP contribution in [0.4, 0.5) is 11.4 Å². The zero-order chi connectivity index (χ0) is 12.1. The number of benzene rings is 1. The van der Waals surface area contributed by atoms with Crippen LogP contribution in [-0.4, -0.2) is 44.3 Å². The first-order valence-electron chi connectivity index (χ1n) is 6.11. The van der Waals surface area contributed by atoms with Crippen LogP contribution in [0.15, 0.2) is 24.3 Å². The van der Waals surface area contributed by atoms with Crippen molar-refractivity contribution in [2.24, 2.45) is 0 Å². The van der Waals surface area contributed by atoms with Crippen molar-refractivity contribution in [3.8, 4) is 0 Å². The van der Waals surface area contributed by atoms with Gasteiger partial charge in [0, 0.05) is 44.2 Å². The Morgan fingerprint density at radius 3 is 2.88 bits per heavy atom. The van der Waals surface area contributed by atoms with E-state index in [1.54, 1.807) is 7.11 Å². The average Bonchev–Trinajstić information content (AvgIpc) is 2.77. The summed E-state index contributed by atoms with van der Waals surface area (Å²) in [6, 6.07) is 8.47. The molecule has 4 heteroatoms. The number of hydrogen-bond donors (Lipinski definition) is 2. The molecule has 1 aromatic rings. The Bertz CT molecular complexity index is 339. The van der Waals surface area contributed by atoms with E-state index in [1.165, 1.54) is 6.42 Å². The number of ether oxygens (including phenoxy) is 1. The number of methoxy groups -OCH3 is 1. The Labute approximate surface area is 103 Å². The summed E-state index contributed by atoms with van der Waals surface area (Å²) in [5, 5.41) is 3.54. The zero-order valence-corrected chi connectivity index (χ0v) is 10.4. The number of likely N-dealkylation sites (tertiary alicyclic amines) is 1. The third-order valence-corrected chi connectivity index (χ3v) is 3.17. The molecule has 1 heterocycles. The van der Waals surface area contributed by atoms with Crippen molar-refractivity contribution in [1.82, 2.24) is 4.90 Å². The largest absolute Gasteiger partial charge is 0.399 e. The number of nitrogens with one attached hydrogen (secondary N) is 1. The van der Waals surface area contributed by atoms with Crippen LogP contribution < -0.4 is 11.1 Å². The van der Waals surface area contributed by atoms with Crippen molar-refractivity contribution in [1.29, 1.82) is 0 Å². The second-order valence-corrected chi connectivity index (χ2v) is 4.55. The van der Waals surface area contributed by atoms with E-state index < -0.39 is 0 Å². The standard InChI is InChI=1S/C13H21N3O/c1-17-9-8-16-7-6-13(10-16)15-12-4-2-11(14)3-5-12/h2-5,13,15H,6-10,14H2,1H3. The van der Waals surface area contributed by atoms with Gasteiger partial charge in [-0.1, -0.05) is 0 Å². The van der Waals surface area contributed by atoms with Gasteiger partial charge >= 0.3 is 0 Å². The first-order chi connectivity index (χ1) is 8.28. The third-order valence-electron chi connectivity index (χ3n) is 3.17. The normalized spacial score (nSPS) is 20.6. The van der Waals surface area contributed by atoms with Crippen molar-refractivity contribution in [2.45, 2.75) is 12.5 Å². The Morgan fingerprint density at radius 1 is 1.41 bits per heavy atom. The second-order valence-electron chi connectivity index (χ2n) is 4.55. The minimum Gasteiger partial charge on any atom is -0.399 e. The van der Waals surface area contributed by atoms with Gasteiger partial charge in [0.15, 0.2) is 0 Å². The van der Waals surface area contributed by atoms with Crippen molar-refractivity contribution in [3.63, 3.8) is 0 Å². The summed E-state index contributed by atoms with van der Waals surface area (Å²) >= 11 is 0. The molecule has 1 fully saturated rings. The molecule has 1 saturated heterocycles. The Balaban J connectivity index is 1.79. The highest BCUT2D eigenvalue weighted by atomic mass is 16.5. The molecule has 0 spiro atoms. The lowest BCUT2D eigenvalue weighted by molar-refractivity contribution is 0.160. The van der Waals surface area contributed by atoms with Gasteiger partial charge in [-0.3, -0.25) is 4.90 Å². The van der Waals surface area contributed by atoms with Gasteiger partial charge < -0.3 is 15.8 Å². The van der Waals surface area contributed by atoms with E-state index in [2.05, 4.69) is 10.2 Å². The third kappa shape index (κ3) is 3.61. The minimum absolute atomic E-state index is 0.537. The van der Waals surface area contributed by atoms with E-state index in [-0.39, 0.29) is 0 Å². The lowest BCUT2D eigenvalue weighted by atomic mass is 10.2. The molecule has 0 bridgehead atoms. The number of nitrogen functional groups attached to an aromatic ring is 1. The van der Waals surface area contributed by atoms with Gasteiger partial charge in [-0.25, -0.2) is 0 Å². The summed E-state index contributed by atoms with van der Waals surface area (Å²) in [5.41, 5.74) is 7.62. The van der Waals surface area contributed by atoms with Gasteiger partial charge in [0.1, 0.15) is 0 Å². The monoisotopic (exact) mass is 235 g/mol. The minimum atomic E-state index is 0.537. The highest BCUT2D eigenvalue weighted by Crippen LogP contribution is 2.16. The summed E-state index contributed by atoms with van der Waals surface area (Å²) < 4.78 is 5.09. The Morgan fingerprint density at radius 2 is 2.18 bits per heavy atom. The van der Waals surface area contributed by atoms with Gasteiger partial charge in [-0.2, -0.15) is 0 Å². The van der Waals surface area contributed by atoms with Crippen molar-refractivity contribution in [2.75, 3.05) is 44.4 Å². The van der Waals surface area contributed by atoms with E-state index in [1.807, 2.05) is 24.3 Å². The maximum atomic E-state index is 5.66. The SMILES string of the molecule is COCCN1CCC(Nc2ccc(N)cc2)C1. The average molecular weight is 235 g/mol. The molecule has 0 saturated carbocycles. The topological polar surface area (TPSA) is 50.5 Å². The van der Waals surface area contributed by atoms with Crippen LogP contribution in [0.25, 0.3) is 0 Å². The van der Waals surface area contributed by atoms with E-state index in [0.29, 0.717) is 6.04 Å². The van der Waals surface area contributed by atoms with Gasteiger partial charge in [0.05, 0.1) is 6.61 Å². The van der Waals surface area contributed by atoms with Crippen LogP contribution in [0, 0.1) is 0 Å². The van der Waals surface area contributed by atoms with Crippen molar-refractivity contribution >= 4 is 11.4 Å². The number of nitrogens with zero attached hydrogens (tertiary/aromatic N) is 1. The van der Waals surface area contributed by atoms with Crippen molar-refractivity contribution in [3.05, 3.63) is 24.3 Å². The van der Waals surface area contributed by atoms with Crippen LogP contribution in [0.2, 0.25) is 0 Å². The fourth-order valence-corrected chi connectivity index (χ4v) is 2.19. The van der Waals surface area contributed by atoms with Gasteiger partial charge in [0.25, 0.3) is 0 Å². The molecular formula is C13H21N3O. The molecular weight excluding hydrogens is 214 g/mol. The first-order valence-corrected chi connectivity index (χ1v) is 6.11. The molecule has 0 amide bonds. The summed E-state index contributed by atoms with van der Waals surface area (Å²) in [6.07, 6.45) is 1.19. The lowest BCUT2D eigenvalue weighted by Gasteiger charge is -2.17. The second kappa shape index (κ2) is 5.89. The van der Waals surface area contributed by atoms with Gasteiger partial charge in [0.2, 0.25) is 0 Å². The molecule has 1 aliphatic rings. The molecule has 1 aliphatic heterocycles.